The van der Waals surface area contributed by atoms with Gasteiger partial charge in [0, 0.05) is 12.6 Å². The van der Waals surface area contributed by atoms with Gasteiger partial charge in [-0.3, -0.25) is 9.59 Å². The molecule has 1 unspecified atom stereocenters. The third kappa shape index (κ3) is 15.4. The van der Waals surface area contributed by atoms with Crippen LogP contribution in [-0.2, 0) is 14.3 Å². The van der Waals surface area contributed by atoms with Crippen molar-refractivity contribution in [2.45, 2.75) is 98.1 Å². The van der Waals surface area contributed by atoms with Gasteiger partial charge in [-0.1, -0.05) is 38.8 Å². The van der Waals surface area contributed by atoms with Gasteiger partial charge in [0.05, 0.1) is 0 Å². The van der Waals surface area contributed by atoms with E-state index in [1.54, 1.807) is 25.7 Å². The minimum Gasteiger partial charge on any atom is -0.444 e. The summed E-state index contributed by atoms with van der Waals surface area (Å²) in [6, 6.07) is 0.280. The van der Waals surface area contributed by atoms with Crippen LogP contribution in [0.3, 0.4) is 0 Å². The lowest BCUT2D eigenvalue weighted by Gasteiger charge is -2.23. The van der Waals surface area contributed by atoms with E-state index in [9.17, 15) is 9.59 Å². The number of nitrogens with zero attached hydrogens (tertiary/aromatic N) is 1. The van der Waals surface area contributed by atoms with Gasteiger partial charge in [0.25, 0.3) is 0 Å². The second-order valence-corrected chi connectivity index (χ2v) is 9.37. The molecule has 31 heavy (non-hydrogen) atoms. The molecule has 3 N–H and O–H groups in total. The molecule has 1 aliphatic carbocycles. The highest BCUT2D eigenvalue weighted by atomic mass is 16.6. The Labute approximate surface area is 189 Å². The Kier molecular flexibility index (Phi) is 14.7. The summed E-state index contributed by atoms with van der Waals surface area (Å²) in [6.45, 7) is 12.8. The molecule has 7 nitrogen and oxygen atoms in total. The van der Waals surface area contributed by atoms with Crippen LogP contribution in [0.25, 0.3) is 0 Å². The topological polar surface area (TPSA) is 102 Å². The molecule has 0 aromatic heterocycles. The molecule has 180 valence electrons. The zero-order valence-corrected chi connectivity index (χ0v) is 20.5. The summed E-state index contributed by atoms with van der Waals surface area (Å²) in [5, 5.41) is 2.48. The molecule has 0 bridgehead atoms. The molecular formula is C24H45N3O4. The van der Waals surface area contributed by atoms with E-state index < -0.39 is 11.7 Å². The fraction of sp³-hybridized carbons (Fsp3) is 0.792. The summed E-state index contributed by atoms with van der Waals surface area (Å²) in [5.74, 6) is 1.88. The number of carbonyl (C=O) groups is 3. The summed E-state index contributed by atoms with van der Waals surface area (Å²) in [5.41, 5.74) is 3.63. The van der Waals surface area contributed by atoms with E-state index in [0.29, 0.717) is 0 Å². The van der Waals surface area contributed by atoms with Crippen molar-refractivity contribution in [1.29, 1.82) is 0 Å². The van der Waals surface area contributed by atoms with E-state index in [-0.39, 0.29) is 24.9 Å². The van der Waals surface area contributed by atoms with Gasteiger partial charge in [-0.15, -0.1) is 0 Å². The minimum absolute atomic E-state index is 0.0131. The molecule has 7 heteroatoms. The van der Waals surface area contributed by atoms with Crippen LogP contribution in [0.4, 0.5) is 4.79 Å². The second-order valence-electron chi connectivity index (χ2n) is 9.37. The molecule has 1 aliphatic heterocycles. The number of carbonyl (C=O) groups excluding carboxylic acids is 3. The van der Waals surface area contributed by atoms with Gasteiger partial charge in [0.15, 0.2) is 0 Å². The third-order valence-corrected chi connectivity index (χ3v) is 5.19. The van der Waals surface area contributed by atoms with Crippen molar-refractivity contribution < 1.29 is 19.1 Å². The standard InChI is InChI=1S/C12H22N2O3.C11H20.CH3NO/c1-9-6-5-7-14(9)10(15)8-13-11(16)17-12(2,3)4;1-3-4-5-6-7-8-11-9-10(11)2;2-1-3/h9H,5-8H2,1-4H3,(H,13,16);7-8,10-11H,3-6,9H2,1-2H3;1H,(H2,2,3)/b;8-7-;/t9-;10?,11-;/m11./s1. The molecule has 0 spiro atoms. The summed E-state index contributed by atoms with van der Waals surface area (Å²) in [6.07, 6.45) is 13.4. The predicted octanol–water partition coefficient (Wildman–Crippen LogP) is 4.40. The number of alkyl carbamates (subject to hydrolysis) is 1. The number of allylic oxidation sites excluding steroid dienone is 2. The molecule has 2 fully saturated rings. The van der Waals surface area contributed by atoms with Crippen LogP contribution in [0.1, 0.15) is 86.5 Å². The summed E-state index contributed by atoms with van der Waals surface area (Å²) < 4.78 is 5.06. The van der Waals surface area contributed by atoms with Crippen molar-refractivity contribution in [2.75, 3.05) is 13.1 Å². The van der Waals surface area contributed by atoms with Crippen LogP contribution >= 0.6 is 0 Å². The molecule has 2 aliphatic rings. The smallest absolute Gasteiger partial charge is 0.408 e. The molecule has 0 aromatic carbocycles. The SMILES string of the molecule is CCCCC/C=C\[C@@H]1CC1C.C[C@@H]1CCCN1C(=O)CNC(=O)OC(C)(C)C.NC=O. The number of likely N-dealkylation sites (tertiary alicyclic amines) is 1. The average molecular weight is 440 g/mol. The van der Waals surface area contributed by atoms with Crippen molar-refractivity contribution >= 4 is 18.4 Å². The molecule has 3 amide bonds. The number of ether oxygens (including phenoxy) is 1. The van der Waals surface area contributed by atoms with Crippen molar-refractivity contribution in [3.8, 4) is 0 Å². The van der Waals surface area contributed by atoms with E-state index in [0.717, 1.165) is 31.2 Å². The average Bonchev–Trinajstić information content (AvgIpc) is 3.20. The van der Waals surface area contributed by atoms with Crippen LogP contribution in [0.5, 0.6) is 0 Å². The lowest BCUT2D eigenvalue weighted by molar-refractivity contribution is -0.130. The number of hydrogen-bond acceptors (Lipinski definition) is 4. The maximum atomic E-state index is 11.8. The van der Waals surface area contributed by atoms with Gasteiger partial charge in [-0.05, 0) is 71.6 Å². The number of nitrogens with two attached hydrogens (primary N) is 1. The van der Waals surface area contributed by atoms with Gasteiger partial charge < -0.3 is 20.7 Å². The van der Waals surface area contributed by atoms with Gasteiger partial charge in [0.1, 0.15) is 12.1 Å². The first-order valence-electron chi connectivity index (χ1n) is 11.6. The molecule has 0 aromatic rings. The van der Waals surface area contributed by atoms with Gasteiger partial charge in [0.2, 0.25) is 12.3 Å². The molecule has 0 radical (unpaired) electrons. The quantitative estimate of drug-likeness (QED) is 0.349. The van der Waals surface area contributed by atoms with Crippen molar-refractivity contribution in [3.05, 3.63) is 12.2 Å². The number of rotatable bonds is 7. The normalized spacial score (nSPS) is 22.0. The molecule has 3 atom stereocenters. The monoisotopic (exact) mass is 439 g/mol. The highest BCUT2D eigenvalue weighted by Crippen LogP contribution is 2.38. The molecule has 1 heterocycles. The van der Waals surface area contributed by atoms with Crippen LogP contribution in [0.15, 0.2) is 12.2 Å². The number of primary amides is 1. The number of unbranched alkanes of at least 4 members (excludes halogenated alkanes) is 3. The van der Waals surface area contributed by atoms with Crippen LogP contribution in [-0.4, -0.2) is 48.0 Å². The summed E-state index contributed by atoms with van der Waals surface area (Å²) in [4.78, 5) is 33.5. The van der Waals surface area contributed by atoms with E-state index in [1.807, 2.05) is 6.92 Å². The van der Waals surface area contributed by atoms with Crippen molar-refractivity contribution in [1.82, 2.24) is 10.2 Å². The number of amides is 3. The van der Waals surface area contributed by atoms with Crippen LogP contribution in [0, 0.1) is 11.8 Å². The lowest BCUT2D eigenvalue weighted by Crippen LogP contribution is -2.43. The molecular weight excluding hydrogens is 394 g/mol. The highest BCUT2D eigenvalue weighted by Gasteiger charge is 2.29. The van der Waals surface area contributed by atoms with Crippen LogP contribution < -0.4 is 11.1 Å². The largest absolute Gasteiger partial charge is 0.444 e. The van der Waals surface area contributed by atoms with Gasteiger partial charge in [-0.25, -0.2) is 4.79 Å². The Hall–Kier alpha value is -2.05. The number of nitrogens with one attached hydrogen (secondary N) is 1. The highest BCUT2D eigenvalue weighted by molar-refractivity contribution is 5.82. The van der Waals surface area contributed by atoms with E-state index in [2.05, 4.69) is 37.0 Å². The first-order chi connectivity index (χ1) is 14.6. The van der Waals surface area contributed by atoms with Crippen LogP contribution in [0.2, 0.25) is 0 Å². The zero-order chi connectivity index (χ0) is 23.9. The fourth-order valence-corrected chi connectivity index (χ4v) is 3.27. The minimum atomic E-state index is -0.544. The maximum Gasteiger partial charge on any atom is 0.408 e. The summed E-state index contributed by atoms with van der Waals surface area (Å²) in [7, 11) is 0. The summed E-state index contributed by atoms with van der Waals surface area (Å²) >= 11 is 0. The van der Waals surface area contributed by atoms with E-state index in [4.69, 9.17) is 9.53 Å². The molecule has 1 saturated heterocycles. The molecule has 1 saturated carbocycles. The maximum absolute atomic E-state index is 11.8. The first kappa shape index (κ1) is 28.9. The zero-order valence-electron chi connectivity index (χ0n) is 20.5. The van der Waals surface area contributed by atoms with Gasteiger partial charge in [-0.2, -0.15) is 0 Å². The third-order valence-electron chi connectivity index (χ3n) is 5.19. The van der Waals surface area contributed by atoms with Crippen molar-refractivity contribution in [3.63, 3.8) is 0 Å². The van der Waals surface area contributed by atoms with E-state index in [1.165, 1.54) is 32.1 Å². The lowest BCUT2D eigenvalue weighted by atomic mass is 10.2. The van der Waals surface area contributed by atoms with E-state index >= 15 is 0 Å². The van der Waals surface area contributed by atoms with Gasteiger partial charge >= 0.3 is 6.09 Å². The fourth-order valence-electron chi connectivity index (χ4n) is 3.27. The Bertz CT molecular complexity index is 558. The number of hydrogen-bond donors (Lipinski definition) is 2. The Morgan fingerprint density at radius 2 is 1.84 bits per heavy atom. The second kappa shape index (κ2) is 15.7. The molecule has 2 rings (SSSR count). The van der Waals surface area contributed by atoms with Crippen molar-refractivity contribution in [2.24, 2.45) is 17.6 Å². The Morgan fingerprint density at radius 1 is 1.23 bits per heavy atom. The predicted molar refractivity (Wildman–Crippen MR) is 125 cm³/mol. The Balaban J connectivity index is 0.000000551. The first-order valence-corrected chi connectivity index (χ1v) is 11.6. The Morgan fingerprint density at radius 3 is 2.29 bits per heavy atom.